The molecule has 1 aromatic heterocycles. The van der Waals surface area contributed by atoms with Crippen molar-refractivity contribution in [2.45, 2.75) is 12.7 Å². The highest BCUT2D eigenvalue weighted by Crippen LogP contribution is 2.30. The maximum atomic E-state index is 12.9. The summed E-state index contributed by atoms with van der Waals surface area (Å²) in [5.41, 5.74) is 4.36. The van der Waals surface area contributed by atoms with E-state index in [9.17, 15) is 18.0 Å². The third kappa shape index (κ3) is 4.27. The molecule has 0 saturated carbocycles. The van der Waals surface area contributed by atoms with E-state index in [1.54, 1.807) is 12.2 Å². The number of hydrogen-bond acceptors (Lipinski definition) is 4. The molecule has 8 heteroatoms. The molecule has 0 fully saturated rings. The van der Waals surface area contributed by atoms with Crippen LogP contribution >= 0.6 is 0 Å². The van der Waals surface area contributed by atoms with Crippen LogP contribution in [0, 0.1) is 0 Å². The quantitative estimate of drug-likeness (QED) is 0.666. The van der Waals surface area contributed by atoms with Crippen LogP contribution in [0.3, 0.4) is 0 Å². The van der Waals surface area contributed by atoms with E-state index in [0.29, 0.717) is 17.2 Å². The largest absolute Gasteiger partial charge is 0.416 e. The van der Waals surface area contributed by atoms with Crippen molar-refractivity contribution >= 4 is 17.5 Å². The van der Waals surface area contributed by atoms with Crippen molar-refractivity contribution in [3.63, 3.8) is 0 Å². The fourth-order valence-electron chi connectivity index (χ4n) is 3.03. The van der Waals surface area contributed by atoms with Crippen LogP contribution in [0.1, 0.15) is 22.6 Å². The molecule has 3 aromatic rings. The SMILES string of the molecule is O=c1cc(CNc2cccc(C(F)(F)F)c2)nc2n1NC(c1ccccc1)=CC=C2. The second kappa shape index (κ2) is 7.90. The Morgan fingerprint density at radius 2 is 1.83 bits per heavy atom. The maximum Gasteiger partial charge on any atom is 0.416 e. The van der Waals surface area contributed by atoms with E-state index in [0.717, 1.165) is 23.4 Å². The molecule has 0 amide bonds. The van der Waals surface area contributed by atoms with Crippen molar-refractivity contribution in [2.24, 2.45) is 0 Å². The van der Waals surface area contributed by atoms with Crippen molar-refractivity contribution in [1.82, 2.24) is 9.66 Å². The number of benzene rings is 2. The molecule has 5 nitrogen and oxygen atoms in total. The highest BCUT2D eigenvalue weighted by atomic mass is 19.4. The summed E-state index contributed by atoms with van der Waals surface area (Å²) >= 11 is 0. The van der Waals surface area contributed by atoms with E-state index in [2.05, 4.69) is 15.7 Å². The van der Waals surface area contributed by atoms with Crippen molar-refractivity contribution in [2.75, 3.05) is 10.7 Å². The van der Waals surface area contributed by atoms with Crippen LogP contribution in [-0.4, -0.2) is 9.66 Å². The van der Waals surface area contributed by atoms with Gasteiger partial charge in [0, 0.05) is 11.8 Å². The van der Waals surface area contributed by atoms with Gasteiger partial charge in [-0.3, -0.25) is 10.2 Å². The molecule has 2 aromatic carbocycles. The molecule has 152 valence electrons. The van der Waals surface area contributed by atoms with E-state index in [1.807, 2.05) is 36.4 Å². The molecule has 2 heterocycles. The predicted molar refractivity (Wildman–Crippen MR) is 110 cm³/mol. The lowest BCUT2D eigenvalue weighted by Crippen LogP contribution is -2.31. The van der Waals surface area contributed by atoms with Gasteiger partial charge in [0.2, 0.25) is 0 Å². The number of nitrogens with one attached hydrogen (secondary N) is 2. The van der Waals surface area contributed by atoms with Crippen molar-refractivity contribution in [1.29, 1.82) is 0 Å². The lowest BCUT2D eigenvalue weighted by atomic mass is 10.1. The van der Waals surface area contributed by atoms with Gasteiger partial charge in [-0.05, 0) is 35.9 Å². The molecule has 1 aliphatic heterocycles. The third-order valence-electron chi connectivity index (χ3n) is 4.49. The molecule has 0 saturated heterocycles. The van der Waals surface area contributed by atoms with Gasteiger partial charge in [0.05, 0.1) is 23.5 Å². The van der Waals surface area contributed by atoms with Gasteiger partial charge in [0.15, 0.2) is 5.82 Å². The molecule has 0 unspecified atom stereocenters. The lowest BCUT2D eigenvalue weighted by Gasteiger charge is -2.15. The summed E-state index contributed by atoms with van der Waals surface area (Å²) in [5.74, 6) is 0.394. The summed E-state index contributed by atoms with van der Waals surface area (Å²) in [7, 11) is 0. The summed E-state index contributed by atoms with van der Waals surface area (Å²) in [6.07, 6.45) is 0.894. The first kappa shape index (κ1) is 19.5. The normalized spacial score (nSPS) is 13.1. The number of allylic oxidation sites excluding steroid dienone is 2. The second-order valence-corrected chi connectivity index (χ2v) is 6.63. The summed E-state index contributed by atoms with van der Waals surface area (Å²) in [6, 6.07) is 15.8. The number of rotatable bonds is 4. The maximum absolute atomic E-state index is 12.9. The zero-order chi connectivity index (χ0) is 21.1. The molecule has 30 heavy (non-hydrogen) atoms. The van der Waals surface area contributed by atoms with E-state index < -0.39 is 11.7 Å². The molecule has 2 N–H and O–H groups in total. The Bertz CT molecular complexity index is 1180. The Kier molecular flexibility index (Phi) is 5.14. The number of halogens is 3. The molecule has 4 rings (SSSR count). The Morgan fingerprint density at radius 1 is 1.03 bits per heavy atom. The van der Waals surface area contributed by atoms with Gasteiger partial charge in [-0.25, -0.2) is 9.66 Å². The Balaban J connectivity index is 1.54. The lowest BCUT2D eigenvalue weighted by molar-refractivity contribution is -0.137. The first-order chi connectivity index (χ1) is 14.4. The van der Waals surface area contributed by atoms with Crippen LogP contribution in [0.2, 0.25) is 0 Å². The minimum Gasteiger partial charge on any atom is -0.379 e. The fourth-order valence-corrected chi connectivity index (χ4v) is 3.03. The van der Waals surface area contributed by atoms with Crippen LogP contribution < -0.4 is 16.3 Å². The van der Waals surface area contributed by atoms with Gasteiger partial charge < -0.3 is 5.32 Å². The Hall–Kier alpha value is -3.81. The first-order valence-electron chi connectivity index (χ1n) is 9.15. The highest BCUT2D eigenvalue weighted by Gasteiger charge is 2.30. The fraction of sp³-hybridized carbons (Fsp3) is 0.0909. The Labute approximate surface area is 170 Å². The number of nitrogens with zero attached hydrogens (tertiary/aromatic N) is 2. The Morgan fingerprint density at radius 3 is 2.60 bits per heavy atom. The minimum absolute atomic E-state index is 0.108. The first-order valence-corrected chi connectivity index (χ1v) is 9.15. The average Bonchev–Trinajstić information content (AvgIpc) is 2.96. The van der Waals surface area contributed by atoms with Gasteiger partial charge in [-0.15, -0.1) is 0 Å². The zero-order valence-corrected chi connectivity index (χ0v) is 15.6. The van der Waals surface area contributed by atoms with E-state index >= 15 is 0 Å². The average molecular weight is 410 g/mol. The minimum atomic E-state index is -4.42. The van der Waals surface area contributed by atoms with Crippen LogP contribution in [0.4, 0.5) is 18.9 Å². The van der Waals surface area contributed by atoms with Crippen LogP contribution in [0.15, 0.2) is 77.6 Å². The van der Waals surface area contributed by atoms with Crippen LogP contribution in [-0.2, 0) is 12.7 Å². The van der Waals surface area contributed by atoms with Gasteiger partial charge >= 0.3 is 6.18 Å². The van der Waals surface area contributed by atoms with Crippen LogP contribution in [0.5, 0.6) is 0 Å². The number of hydrogen-bond donors (Lipinski definition) is 2. The number of anilines is 1. The topological polar surface area (TPSA) is 59.0 Å². The van der Waals surface area contributed by atoms with E-state index in [-0.39, 0.29) is 12.1 Å². The van der Waals surface area contributed by atoms with Crippen LogP contribution in [0.25, 0.3) is 11.8 Å². The van der Waals surface area contributed by atoms with Gasteiger partial charge in [0.25, 0.3) is 5.56 Å². The standard InChI is InChI=1S/C22H17F3N4O/c23-22(24,25)16-8-4-9-17(12-16)26-14-18-13-21(30)29-20(27-18)11-5-10-19(28-29)15-6-2-1-3-7-15/h1-13,26,28H,14H2. The number of alkyl halides is 3. The van der Waals surface area contributed by atoms with Gasteiger partial charge in [-0.1, -0.05) is 42.5 Å². The number of fused-ring (bicyclic) bond motifs is 1. The molecule has 0 bridgehead atoms. The molecular weight excluding hydrogens is 393 g/mol. The second-order valence-electron chi connectivity index (χ2n) is 6.63. The predicted octanol–water partition coefficient (Wildman–Crippen LogP) is 4.49. The summed E-state index contributed by atoms with van der Waals surface area (Å²) in [5, 5.41) is 2.89. The molecule has 0 aliphatic carbocycles. The molecule has 0 atom stereocenters. The smallest absolute Gasteiger partial charge is 0.379 e. The summed E-state index contributed by atoms with van der Waals surface area (Å²) < 4.78 is 39.9. The molecule has 0 radical (unpaired) electrons. The van der Waals surface area contributed by atoms with Crippen molar-refractivity contribution in [3.8, 4) is 0 Å². The number of aromatic nitrogens is 2. The van der Waals surface area contributed by atoms with Crippen molar-refractivity contribution < 1.29 is 13.2 Å². The van der Waals surface area contributed by atoms with E-state index in [4.69, 9.17) is 0 Å². The molecule has 1 aliphatic rings. The summed E-state index contributed by atoms with van der Waals surface area (Å²) in [4.78, 5) is 17.1. The van der Waals surface area contributed by atoms with Crippen molar-refractivity contribution in [3.05, 3.63) is 106 Å². The van der Waals surface area contributed by atoms with Gasteiger partial charge in [0.1, 0.15) is 0 Å². The summed E-state index contributed by atoms with van der Waals surface area (Å²) in [6.45, 7) is 0.108. The highest BCUT2D eigenvalue weighted by molar-refractivity contribution is 5.73. The monoisotopic (exact) mass is 410 g/mol. The third-order valence-corrected chi connectivity index (χ3v) is 4.49. The van der Waals surface area contributed by atoms with Gasteiger partial charge in [-0.2, -0.15) is 13.2 Å². The zero-order valence-electron chi connectivity index (χ0n) is 15.6. The molecule has 0 spiro atoms. The molecular formula is C22H17F3N4O. The van der Waals surface area contributed by atoms with E-state index in [1.165, 1.54) is 22.9 Å².